The number of ether oxygens (including phenoxy) is 1. The summed E-state index contributed by atoms with van der Waals surface area (Å²) in [5, 5.41) is 0.426. The molecule has 7 nitrogen and oxygen atoms in total. The normalized spacial score (nSPS) is 14.3. The van der Waals surface area contributed by atoms with E-state index in [4.69, 9.17) is 4.74 Å². The second kappa shape index (κ2) is 8.28. The Bertz CT molecular complexity index is 1220. The summed E-state index contributed by atoms with van der Waals surface area (Å²) in [6.07, 6.45) is 0.681. The largest absolute Gasteiger partial charge is 0.378 e. The molecule has 7 heteroatoms. The van der Waals surface area contributed by atoms with Crippen molar-refractivity contribution in [1.82, 2.24) is 14.0 Å². The van der Waals surface area contributed by atoms with Crippen LogP contribution in [0.15, 0.2) is 52.1 Å². The van der Waals surface area contributed by atoms with Crippen molar-refractivity contribution < 1.29 is 9.53 Å². The van der Waals surface area contributed by atoms with Crippen molar-refractivity contribution in [2.24, 2.45) is 0 Å². The van der Waals surface area contributed by atoms with Gasteiger partial charge in [-0.2, -0.15) is 0 Å². The molecule has 0 atom stereocenters. The molecule has 0 spiro atoms. The average molecular weight is 407 g/mol. The Kier molecular flexibility index (Phi) is 5.55. The third kappa shape index (κ3) is 3.57. The van der Waals surface area contributed by atoms with Crippen molar-refractivity contribution in [3.8, 4) is 5.69 Å². The Morgan fingerprint density at radius 2 is 1.80 bits per heavy atom. The lowest BCUT2D eigenvalue weighted by Crippen LogP contribution is -2.46. The second-order valence-electron chi connectivity index (χ2n) is 7.51. The Labute approximate surface area is 174 Å². The molecule has 1 aliphatic heterocycles. The predicted octanol–water partition coefficient (Wildman–Crippen LogP) is 1.88. The summed E-state index contributed by atoms with van der Waals surface area (Å²) in [6.45, 7) is 5.75. The second-order valence-corrected chi connectivity index (χ2v) is 7.51. The molecule has 0 bridgehead atoms. The van der Waals surface area contributed by atoms with Gasteiger partial charge >= 0.3 is 5.69 Å². The van der Waals surface area contributed by atoms with Crippen LogP contribution in [-0.4, -0.2) is 46.2 Å². The first-order chi connectivity index (χ1) is 14.5. The highest BCUT2D eigenvalue weighted by molar-refractivity contribution is 5.82. The highest BCUT2D eigenvalue weighted by Crippen LogP contribution is 2.16. The van der Waals surface area contributed by atoms with Gasteiger partial charge in [-0.15, -0.1) is 0 Å². The fourth-order valence-corrected chi connectivity index (χ4v) is 3.93. The maximum absolute atomic E-state index is 13.5. The highest BCUT2D eigenvalue weighted by Gasteiger charge is 2.21. The van der Waals surface area contributed by atoms with Gasteiger partial charge in [0.15, 0.2) is 0 Å². The first-order valence-electron chi connectivity index (χ1n) is 10.2. The maximum Gasteiger partial charge on any atom is 0.336 e. The summed E-state index contributed by atoms with van der Waals surface area (Å²) in [6, 6.07) is 12.8. The minimum Gasteiger partial charge on any atom is -0.378 e. The molecule has 1 fully saturated rings. The SMILES string of the molecule is CCc1ccccc1-n1c(=O)c2cc(C)ccc2n(CC(=O)N2CCOCC2)c1=O. The number of benzene rings is 2. The van der Waals surface area contributed by atoms with Crippen molar-refractivity contribution in [1.29, 1.82) is 0 Å². The quantitative estimate of drug-likeness (QED) is 0.662. The molecule has 156 valence electrons. The van der Waals surface area contributed by atoms with Crippen molar-refractivity contribution in [3.63, 3.8) is 0 Å². The summed E-state index contributed by atoms with van der Waals surface area (Å²) in [4.78, 5) is 41.5. The summed E-state index contributed by atoms with van der Waals surface area (Å²) in [5.74, 6) is -0.156. The van der Waals surface area contributed by atoms with E-state index >= 15 is 0 Å². The number of morpholine rings is 1. The van der Waals surface area contributed by atoms with Gasteiger partial charge in [-0.3, -0.25) is 14.2 Å². The number of amides is 1. The number of hydrogen-bond donors (Lipinski definition) is 0. The number of hydrogen-bond acceptors (Lipinski definition) is 4. The predicted molar refractivity (Wildman–Crippen MR) is 115 cm³/mol. The third-order valence-corrected chi connectivity index (χ3v) is 5.57. The molecule has 0 unspecified atom stereocenters. The van der Waals surface area contributed by atoms with Gasteiger partial charge in [0.2, 0.25) is 5.91 Å². The zero-order chi connectivity index (χ0) is 21.3. The Hall–Kier alpha value is -3.19. The van der Waals surface area contributed by atoms with E-state index in [1.165, 1.54) is 9.13 Å². The standard InChI is InChI=1S/C23H25N3O4/c1-3-17-6-4-5-7-19(17)26-22(28)18-14-16(2)8-9-20(18)25(23(26)29)15-21(27)24-10-12-30-13-11-24/h4-9,14H,3,10-13,15H2,1-2H3. The number of para-hydroxylation sites is 1. The minimum absolute atomic E-state index is 0.118. The van der Waals surface area contributed by atoms with Crippen LogP contribution in [0.2, 0.25) is 0 Å². The molecule has 2 aromatic carbocycles. The lowest BCUT2D eigenvalue weighted by Gasteiger charge is -2.27. The van der Waals surface area contributed by atoms with Crippen molar-refractivity contribution in [2.75, 3.05) is 26.3 Å². The van der Waals surface area contributed by atoms with E-state index in [1.807, 2.05) is 38.1 Å². The zero-order valence-electron chi connectivity index (χ0n) is 17.3. The van der Waals surface area contributed by atoms with E-state index in [0.717, 1.165) is 11.1 Å². The molecule has 3 aromatic rings. The molecule has 30 heavy (non-hydrogen) atoms. The Morgan fingerprint density at radius 1 is 1.07 bits per heavy atom. The molecule has 1 amide bonds. The first-order valence-corrected chi connectivity index (χ1v) is 10.2. The topological polar surface area (TPSA) is 73.5 Å². The lowest BCUT2D eigenvalue weighted by atomic mass is 10.1. The van der Waals surface area contributed by atoms with Gasteiger partial charge in [0.05, 0.1) is 29.8 Å². The number of aryl methyl sites for hydroxylation is 2. The number of aromatic nitrogens is 2. The van der Waals surface area contributed by atoms with E-state index in [0.29, 0.717) is 49.3 Å². The number of nitrogens with zero attached hydrogens (tertiary/aromatic N) is 3. The van der Waals surface area contributed by atoms with E-state index in [9.17, 15) is 14.4 Å². The molecule has 1 aromatic heterocycles. The monoisotopic (exact) mass is 407 g/mol. The van der Waals surface area contributed by atoms with Gasteiger partial charge in [0.1, 0.15) is 6.54 Å². The van der Waals surface area contributed by atoms with Crippen molar-refractivity contribution in [2.45, 2.75) is 26.8 Å². The van der Waals surface area contributed by atoms with Gasteiger partial charge < -0.3 is 9.64 Å². The highest BCUT2D eigenvalue weighted by atomic mass is 16.5. The Morgan fingerprint density at radius 3 is 2.53 bits per heavy atom. The summed E-state index contributed by atoms with van der Waals surface area (Å²) in [7, 11) is 0. The van der Waals surface area contributed by atoms with Crippen LogP contribution in [0.4, 0.5) is 0 Å². The van der Waals surface area contributed by atoms with Crippen LogP contribution in [0.3, 0.4) is 0 Å². The molecular formula is C23H25N3O4. The van der Waals surface area contributed by atoms with Gasteiger partial charge in [0, 0.05) is 13.1 Å². The lowest BCUT2D eigenvalue weighted by molar-refractivity contribution is -0.135. The van der Waals surface area contributed by atoms with Crippen LogP contribution in [0.1, 0.15) is 18.1 Å². The molecule has 0 radical (unpaired) electrons. The third-order valence-electron chi connectivity index (χ3n) is 5.57. The zero-order valence-corrected chi connectivity index (χ0v) is 17.3. The number of carbonyl (C=O) groups excluding carboxylic acids is 1. The summed E-state index contributed by atoms with van der Waals surface area (Å²) < 4.78 is 7.94. The average Bonchev–Trinajstić information content (AvgIpc) is 2.77. The molecule has 1 aliphatic rings. The van der Waals surface area contributed by atoms with Crippen LogP contribution in [0.25, 0.3) is 16.6 Å². The van der Waals surface area contributed by atoms with Crippen molar-refractivity contribution >= 4 is 16.8 Å². The molecule has 0 N–H and O–H groups in total. The number of fused-ring (bicyclic) bond motifs is 1. The van der Waals surface area contributed by atoms with Crippen LogP contribution in [0.5, 0.6) is 0 Å². The molecule has 1 saturated heterocycles. The molecule has 2 heterocycles. The smallest absolute Gasteiger partial charge is 0.336 e. The number of rotatable bonds is 4. The van der Waals surface area contributed by atoms with Crippen LogP contribution in [0, 0.1) is 6.92 Å². The van der Waals surface area contributed by atoms with Crippen LogP contribution >= 0.6 is 0 Å². The van der Waals surface area contributed by atoms with Gasteiger partial charge in [-0.1, -0.05) is 36.8 Å². The van der Waals surface area contributed by atoms with Gasteiger partial charge in [-0.25, -0.2) is 9.36 Å². The molecule has 0 saturated carbocycles. The summed E-state index contributed by atoms with van der Waals surface area (Å²) >= 11 is 0. The Balaban J connectivity index is 1.94. The fourth-order valence-electron chi connectivity index (χ4n) is 3.93. The number of carbonyl (C=O) groups is 1. The fraction of sp³-hybridized carbons (Fsp3) is 0.348. The minimum atomic E-state index is -0.501. The molecular weight excluding hydrogens is 382 g/mol. The van der Waals surface area contributed by atoms with Crippen LogP contribution in [-0.2, 0) is 22.5 Å². The maximum atomic E-state index is 13.5. The molecule has 0 aliphatic carbocycles. The van der Waals surface area contributed by atoms with Crippen molar-refractivity contribution in [3.05, 3.63) is 74.4 Å². The van der Waals surface area contributed by atoms with Gasteiger partial charge in [-0.05, 0) is 37.1 Å². The van der Waals surface area contributed by atoms with E-state index in [-0.39, 0.29) is 18.0 Å². The summed E-state index contributed by atoms with van der Waals surface area (Å²) in [5.41, 5.74) is 1.98. The van der Waals surface area contributed by atoms with Gasteiger partial charge in [0.25, 0.3) is 5.56 Å². The van der Waals surface area contributed by atoms with Crippen LogP contribution < -0.4 is 11.2 Å². The first kappa shape index (κ1) is 20.1. The van der Waals surface area contributed by atoms with E-state index in [1.54, 1.807) is 23.1 Å². The van der Waals surface area contributed by atoms with E-state index < -0.39 is 5.69 Å². The van der Waals surface area contributed by atoms with E-state index in [2.05, 4.69) is 0 Å². The molecule has 4 rings (SSSR count).